The van der Waals surface area contributed by atoms with Crippen LogP contribution in [0.5, 0.6) is 17.2 Å². The maximum Gasteiger partial charge on any atom is 0.379 e. The van der Waals surface area contributed by atoms with Gasteiger partial charge in [0.15, 0.2) is 11.5 Å². The number of phenolic OH excluding ortho intramolecular Hbond substituents is 1. The van der Waals surface area contributed by atoms with Crippen molar-refractivity contribution in [2.75, 3.05) is 13.4 Å². The van der Waals surface area contributed by atoms with Crippen LogP contribution in [0, 0.1) is 0 Å². The smallest absolute Gasteiger partial charge is 0.379 e. The molecule has 0 unspecified atom stereocenters. The molecule has 0 aliphatic carbocycles. The fourth-order valence-electron chi connectivity index (χ4n) is 1.44. The van der Waals surface area contributed by atoms with Crippen LogP contribution in [0.3, 0.4) is 0 Å². The largest absolute Gasteiger partial charge is 0.504 e. The van der Waals surface area contributed by atoms with Crippen molar-refractivity contribution in [3.8, 4) is 17.2 Å². The summed E-state index contributed by atoms with van der Waals surface area (Å²) >= 11 is 0. The Hall–Kier alpha value is -2.24. The maximum absolute atomic E-state index is 11.6. The van der Waals surface area contributed by atoms with Crippen molar-refractivity contribution in [2.24, 2.45) is 0 Å². The number of fused-ring (bicyclic) bond motifs is 1. The minimum absolute atomic E-state index is 0.00481. The summed E-state index contributed by atoms with van der Waals surface area (Å²) in [6.07, 6.45) is 0. The van der Waals surface area contributed by atoms with Crippen LogP contribution in [0.15, 0.2) is 12.1 Å². The van der Waals surface area contributed by atoms with Gasteiger partial charge in [0, 0.05) is 5.56 Å². The summed E-state index contributed by atoms with van der Waals surface area (Å²) in [5, 5.41) is 9.56. The predicted molar refractivity (Wildman–Crippen MR) is 55.2 cm³/mol. The number of benzene rings is 1. The van der Waals surface area contributed by atoms with Crippen LogP contribution in [0.2, 0.25) is 0 Å². The van der Waals surface area contributed by atoms with Crippen molar-refractivity contribution < 1.29 is 28.9 Å². The third-order valence-corrected chi connectivity index (χ3v) is 2.18. The molecule has 1 aromatic rings. The first-order valence-electron chi connectivity index (χ1n) is 4.97. The lowest BCUT2D eigenvalue weighted by atomic mass is 10.1. The summed E-state index contributed by atoms with van der Waals surface area (Å²) in [6.45, 7) is 1.68. The second-order valence-corrected chi connectivity index (χ2v) is 3.28. The van der Waals surface area contributed by atoms with Crippen molar-refractivity contribution in [1.29, 1.82) is 0 Å². The van der Waals surface area contributed by atoms with E-state index < -0.39 is 11.8 Å². The highest BCUT2D eigenvalue weighted by Crippen LogP contribution is 2.41. The van der Waals surface area contributed by atoms with E-state index in [2.05, 4.69) is 4.74 Å². The Kier molecular flexibility index (Phi) is 2.86. The van der Waals surface area contributed by atoms with Crippen molar-refractivity contribution in [1.82, 2.24) is 0 Å². The van der Waals surface area contributed by atoms with E-state index >= 15 is 0 Å². The fraction of sp³-hybridized carbons (Fsp3) is 0.273. The number of carbonyl (C=O) groups is 2. The number of ether oxygens (including phenoxy) is 3. The first kappa shape index (κ1) is 11.3. The van der Waals surface area contributed by atoms with Crippen LogP contribution < -0.4 is 9.47 Å². The number of ketones is 1. The molecule has 0 atom stereocenters. The zero-order valence-corrected chi connectivity index (χ0v) is 9.06. The summed E-state index contributed by atoms with van der Waals surface area (Å²) in [6, 6.07) is 2.48. The van der Waals surface area contributed by atoms with E-state index in [4.69, 9.17) is 9.47 Å². The molecule has 0 radical (unpaired) electrons. The van der Waals surface area contributed by atoms with Gasteiger partial charge in [0.05, 0.1) is 6.61 Å². The van der Waals surface area contributed by atoms with Gasteiger partial charge in [-0.15, -0.1) is 0 Å². The van der Waals surface area contributed by atoms with Gasteiger partial charge in [0.1, 0.15) is 0 Å². The monoisotopic (exact) mass is 238 g/mol. The molecule has 6 nitrogen and oxygen atoms in total. The minimum Gasteiger partial charge on any atom is -0.504 e. The Morgan fingerprint density at radius 3 is 2.88 bits per heavy atom. The molecule has 0 saturated heterocycles. The zero-order valence-electron chi connectivity index (χ0n) is 9.06. The molecule has 1 aromatic carbocycles. The lowest BCUT2D eigenvalue weighted by molar-refractivity contribution is -0.137. The van der Waals surface area contributed by atoms with E-state index in [1.165, 1.54) is 6.07 Å². The van der Waals surface area contributed by atoms with Crippen LogP contribution in [-0.2, 0) is 9.53 Å². The van der Waals surface area contributed by atoms with E-state index in [1.807, 2.05) is 0 Å². The van der Waals surface area contributed by atoms with Gasteiger partial charge in [0.25, 0.3) is 5.78 Å². The van der Waals surface area contributed by atoms with E-state index in [0.29, 0.717) is 0 Å². The van der Waals surface area contributed by atoms with E-state index in [0.717, 1.165) is 6.07 Å². The summed E-state index contributed by atoms with van der Waals surface area (Å²) in [7, 11) is 0. The van der Waals surface area contributed by atoms with Crippen molar-refractivity contribution >= 4 is 11.8 Å². The lowest BCUT2D eigenvalue weighted by Crippen LogP contribution is -2.17. The second kappa shape index (κ2) is 4.32. The highest BCUT2D eigenvalue weighted by molar-refractivity contribution is 6.40. The van der Waals surface area contributed by atoms with E-state index in [-0.39, 0.29) is 36.2 Å². The fourth-order valence-corrected chi connectivity index (χ4v) is 1.44. The van der Waals surface area contributed by atoms with Crippen LogP contribution in [0.1, 0.15) is 17.3 Å². The van der Waals surface area contributed by atoms with E-state index in [1.54, 1.807) is 6.92 Å². The van der Waals surface area contributed by atoms with Gasteiger partial charge < -0.3 is 19.3 Å². The van der Waals surface area contributed by atoms with Gasteiger partial charge in [-0.3, -0.25) is 4.79 Å². The number of hydrogen-bond acceptors (Lipinski definition) is 6. The molecule has 0 bridgehead atoms. The Balaban J connectivity index is 2.31. The number of esters is 1. The average Bonchev–Trinajstić information content (AvgIpc) is 2.77. The topological polar surface area (TPSA) is 82.1 Å². The third kappa shape index (κ3) is 2.01. The number of phenols is 1. The van der Waals surface area contributed by atoms with Gasteiger partial charge in [-0.25, -0.2) is 4.79 Å². The summed E-state index contributed by atoms with van der Waals surface area (Å²) in [5.74, 6) is -1.64. The molecule has 1 aliphatic heterocycles. The average molecular weight is 238 g/mol. The Morgan fingerprint density at radius 1 is 1.41 bits per heavy atom. The molecule has 2 rings (SSSR count). The van der Waals surface area contributed by atoms with Crippen molar-refractivity contribution in [3.05, 3.63) is 17.7 Å². The second-order valence-electron chi connectivity index (χ2n) is 3.28. The van der Waals surface area contributed by atoms with Gasteiger partial charge in [-0.05, 0) is 19.1 Å². The molecule has 1 aliphatic rings. The number of aromatic hydroxyl groups is 1. The Morgan fingerprint density at radius 2 is 2.18 bits per heavy atom. The van der Waals surface area contributed by atoms with Crippen LogP contribution in [0.25, 0.3) is 0 Å². The van der Waals surface area contributed by atoms with Gasteiger partial charge in [-0.2, -0.15) is 0 Å². The van der Waals surface area contributed by atoms with Gasteiger partial charge >= 0.3 is 5.97 Å². The van der Waals surface area contributed by atoms with Gasteiger partial charge in [0.2, 0.25) is 12.5 Å². The highest BCUT2D eigenvalue weighted by Gasteiger charge is 2.24. The molecule has 0 spiro atoms. The standard InChI is InChI=1S/C11H10O6/c1-2-15-11(14)9(13)6-3-7(12)10-8(4-6)16-5-17-10/h3-4,12H,2,5H2,1H3. The Labute approximate surface area is 96.7 Å². The molecule has 0 saturated carbocycles. The van der Waals surface area contributed by atoms with Crippen LogP contribution in [-0.4, -0.2) is 30.3 Å². The van der Waals surface area contributed by atoms with Crippen LogP contribution >= 0.6 is 0 Å². The first-order chi connectivity index (χ1) is 8.13. The van der Waals surface area contributed by atoms with Gasteiger partial charge in [-0.1, -0.05) is 0 Å². The quantitative estimate of drug-likeness (QED) is 0.478. The lowest BCUT2D eigenvalue weighted by Gasteiger charge is -2.04. The van der Waals surface area contributed by atoms with Crippen molar-refractivity contribution in [3.63, 3.8) is 0 Å². The first-order valence-corrected chi connectivity index (χ1v) is 4.97. The predicted octanol–water partition coefficient (Wildman–Crippen LogP) is 0.867. The molecule has 17 heavy (non-hydrogen) atoms. The Bertz CT molecular complexity index is 479. The molecule has 0 amide bonds. The molecule has 1 N–H and O–H groups in total. The summed E-state index contributed by atoms with van der Waals surface area (Å²) in [5.41, 5.74) is 0.00481. The molecule has 1 heterocycles. The minimum atomic E-state index is -0.967. The maximum atomic E-state index is 11.6. The molecule has 0 fully saturated rings. The SMILES string of the molecule is CCOC(=O)C(=O)c1cc(O)c2c(c1)OCO2. The molecule has 0 aromatic heterocycles. The normalized spacial score (nSPS) is 12.3. The molecular weight excluding hydrogens is 228 g/mol. The molecule has 6 heteroatoms. The number of rotatable bonds is 3. The van der Waals surface area contributed by atoms with Crippen molar-refractivity contribution in [2.45, 2.75) is 6.92 Å². The zero-order chi connectivity index (χ0) is 12.4. The highest BCUT2D eigenvalue weighted by atomic mass is 16.7. The summed E-state index contributed by atoms with van der Waals surface area (Å²) in [4.78, 5) is 22.8. The number of Topliss-reactive ketones (excluding diaryl/α,β-unsaturated/α-hetero) is 1. The number of carbonyl (C=O) groups excluding carboxylic acids is 2. The molecule has 90 valence electrons. The molecular formula is C11H10O6. The van der Waals surface area contributed by atoms with E-state index in [9.17, 15) is 14.7 Å². The third-order valence-electron chi connectivity index (χ3n) is 2.18. The van der Waals surface area contributed by atoms with Crippen LogP contribution in [0.4, 0.5) is 0 Å². The summed E-state index contributed by atoms with van der Waals surface area (Å²) < 4.78 is 14.6. The number of hydrogen-bond donors (Lipinski definition) is 1.